The highest BCUT2D eigenvalue weighted by molar-refractivity contribution is 5.39. The number of rotatable bonds is 7. The van der Waals surface area contributed by atoms with Crippen LogP contribution >= 0.6 is 0 Å². The summed E-state index contributed by atoms with van der Waals surface area (Å²) in [6.07, 6.45) is 2.27. The molecule has 1 aromatic rings. The van der Waals surface area contributed by atoms with E-state index >= 15 is 0 Å². The summed E-state index contributed by atoms with van der Waals surface area (Å²) in [6.45, 7) is 8.44. The van der Waals surface area contributed by atoms with Gasteiger partial charge in [0, 0.05) is 32.1 Å². The van der Waals surface area contributed by atoms with Gasteiger partial charge in [-0.3, -0.25) is 0 Å². The molecule has 0 aliphatic carbocycles. The third-order valence-corrected chi connectivity index (χ3v) is 4.07. The lowest BCUT2D eigenvalue weighted by Crippen LogP contribution is -2.34. The van der Waals surface area contributed by atoms with Crippen molar-refractivity contribution in [2.24, 2.45) is 0 Å². The Morgan fingerprint density at radius 1 is 1.42 bits per heavy atom. The maximum atomic E-state index is 5.52. The summed E-state index contributed by atoms with van der Waals surface area (Å²) in [5.74, 6) is 1.07. The van der Waals surface area contributed by atoms with Crippen LogP contribution in [-0.4, -0.2) is 37.7 Å². The number of nitrogens with one attached hydrogen (secondary N) is 1. The van der Waals surface area contributed by atoms with E-state index in [4.69, 9.17) is 4.74 Å². The average Bonchev–Trinajstić information content (AvgIpc) is 2.89. The first-order valence-corrected chi connectivity index (χ1v) is 7.36. The van der Waals surface area contributed by atoms with E-state index < -0.39 is 0 Å². The number of benzene rings is 1. The minimum Gasteiger partial charge on any atom is -0.493 e. The van der Waals surface area contributed by atoms with Crippen molar-refractivity contribution in [2.45, 2.75) is 39.3 Å². The molecule has 1 aliphatic heterocycles. The van der Waals surface area contributed by atoms with Crippen molar-refractivity contribution < 1.29 is 4.74 Å². The van der Waals surface area contributed by atoms with Gasteiger partial charge >= 0.3 is 0 Å². The predicted octanol–water partition coefficient (Wildman–Crippen LogP) is 2.44. The second kappa shape index (κ2) is 6.92. The van der Waals surface area contributed by atoms with Crippen LogP contribution in [0.4, 0.5) is 0 Å². The Kier molecular flexibility index (Phi) is 5.23. The number of likely N-dealkylation sites (N-methyl/N-ethyl adjacent to an activating group) is 1. The maximum absolute atomic E-state index is 5.52. The van der Waals surface area contributed by atoms with Crippen LogP contribution in [0, 0.1) is 0 Å². The van der Waals surface area contributed by atoms with Crippen molar-refractivity contribution in [1.82, 2.24) is 10.2 Å². The van der Waals surface area contributed by atoms with Gasteiger partial charge in [0.2, 0.25) is 0 Å². The molecule has 0 fully saturated rings. The summed E-state index contributed by atoms with van der Waals surface area (Å²) < 4.78 is 5.52. The van der Waals surface area contributed by atoms with Crippen molar-refractivity contribution >= 4 is 0 Å². The number of hydrogen-bond acceptors (Lipinski definition) is 3. The van der Waals surface area contributed by atoms with Crippen molar-refractivity contribution in [3.05, 3.63) is 29.3 Å². The number of fused-ring (bicyclic) bond motifs is 1. The Morgan fingerprint density at radius 3 is 3.05 bits per heavy atom. The van der Waals surface area contributed by atoms with Gasteiger partial charge in [-0.2, -0.15) is 0 Å². The zero-order valence-corrected chi connectivity index (χ0v) is 12.4. The molecule has 3 heteroatoms. The minimum absolute atomic E-state index is 0.666. The topological polar surface area (TPSA) is 24.5 Å². The minimum atomic E-state index is 0.666. The van der Waals surface area contributed by atoms with Crippen molar-refractivity contribution in [3.63, 3.8) is 0 Å². The van der Waals surface area contributed by atoms with E-state index in [-0.39, 0.29) is 0 Å². The van der Waals surface area contributed by atoms with Crippen LogP contribution in [0.15, 0.2) is 18.2 Å². The largest absolute Gasteiger partial charge is 0.493 e. The summed E-state index contributed by atoms with van der Waals surface area (Å²) in [6, 6.07) is 7.20. The van der Waals surface area contributed by atoms with Crippen molar-refractivity contribution in [2.75, 3.05) is 26.7 Å². The van der Waals surface area contributed by atoms with Gasteiger partial charge in [-0.25, -0.2) is 0 Å². The van der Waals surface area contributed by atoms with E-state index in [9.17, 15) is 0 Å². The molecule has 0 saturated heterocycles. The number of ether oxygens (including phenoxy) is 1. The Hall–Kier alpha value is -1.06. The molecule has 1 aliphatic rings. The summed E-state index contributed by atoms with van der Waals surface area (Å²) in [4.78, 5) is 2.41. The first-order valence-electron chi connectivity index (χ1n) is 7.36. The lowest BCUT2D eigenvalue weighted by molar-refractivity contribution is 0.251. The van der Waals surface area contributed by atoms with Gasteiger partial charge in [-0.05, 0) is 37.6 Å². The van der Waals surface area contributed by atoms with Crippen LogP contribution in [0.1, 0.15) is 31.4 Å². The molecule has 1 unspecified atom stereocenters. The van der Waals surface area contributed by atoms with Crippen LogP contribution in [0.3, 0.4) is 0 Å². The SMILES string of the molecule is CCC(C)N(C)CCNCc1ccc2c(c1)CCO2. The van der Waals surface area contributed by atoms with E-state index in [1.807, 2.05) is 0 Å². The van der Waals surface area contributed by atoms with E-state index in [1.54, 1.807) is 0 Å². The fourth-order valence-corrected chi connectivity index (χ4v) is 2.37. The van der Waals surface area contributed by atoms with Crippen LogP contribution in [0.5, 0.6) is 5.75 Å². The van der Waals surface area contributed by atoms with Gasteiger partial charge in [0.1, 0.15) is 5.75 Å². The molecule has 3 nitrogen and oxygen atoms in total. The van der Waals surface area contributed by atoms with Crippen molar-refractivity contribution in [3.8, 4) is 5.75 Å². The van der Waals surface area contributed by atoms with Gasteiger partial charge in [0.05, 0.1) is 6.61 Å². The summed E-state index contributed by atoms with van der Waals surface area (Å²) >= 11 is 0. The molecule has 0 radical (unpaired) electrons. The first-order chi connectivity index (χ1) is 9.20. The van der Waals surface area contributed by atoms with Crippen molar-refractivity contribution in [1.29, 1.82) is 0 Å². The Labute approximate surface area is 116 Å². The van der Waals surface area contributed by atoms with E-state index in [1.165, 1.54) is 17.5 Å². The Morgan fingerprint density at radius 2 is 2.26 bits per heavy atom. The smallest absolute Gasteiger partial charge is 0.122 e. The highest BCUT2D eigenvalue weighted by Gasteiger charge is 2.11. The monoisotopic (exact) mass is 262 g/mol. The molecule has 1 aromatic carbocycles. The molecule has 0 bridgehead atoms. The van der Waals surface area contributed by atoms with Gasteiger partial charge in [0.25, 0.3) is 0 Å². The molecule has 0 spiro atoms. The molecule has 19 heavy (non-hydrogen) atoms. The molecule has 106 valence electrons. The highest BCUT2D eigenvalue weighted by Crippen LogP contribution is 2.25. The third kappa shape index (κ3) is 3.95. The number of hydrogen-bond donors (Lipinski definition) is 1. The maximum Gasteiger partial charge on any atom is 0.122 e. The Bertz CT molecular complexity index is 406. The Balaban J connectivity index is 1.71. The highest BCUT2D eigenvalue weighted by atomic mass is 16.5. The molecule has 1 N–H and O–H groups in total. The average molecular weight is 262 g/mol. The normalized spacial score (nSPS) is 15.4. The molecule has 0 aromatic heterocycles. The summed E-state index contributed by atoms with van der Waals surface area (Å²) in [5, 5.41) is 3.52. The quantitative estimate of drug-likeness (QED) is 0.764. The molecule has 1 atom stereocenters. The van der Waals surface area contributed by atoms with Crippen LogP contribution < -0.4 is 10.1 Å². The predicted molar refractivity (Wildman–Crippen MR) is 79.7 cm³/mol. The number of nitrogens with zero attached hydrogens (tertiary/aromatic N) is 1. The fraction of sp³-hybridized carbons (Fsp3) is 0.625. The van der Waals surface area contributed by atoms with Gasteiger partial charge < -0.3 is 15.0 Å². The standard InChI is InChI=1S/C16H26N2O/c1-4-13(2)18(3)9-8-17-12-14-5-6-16-15(11-14)7-10-19-16/h5-6,11,13,17H,4,7-10,12H2,1-3H3. The molecule has 1 heterocycles. The van der Waals surface area contributed by atoms with Gasteiger partial charge in [-0.15, -0.1) is 0 Å². The fourth-order valence-electron chi connectivity index (χ4n) is 2.37. The molecule has 0 saturated carbocycles. The van der Waals surface area contributed by atoms with E-state index in [0.29, 0.717) is 6.04 Å². The molecule has 2 rings (SSSR count). The first kappa shape index (κ1) is 14.4. The molecule has 0 amide bonds. The van der Waals surface area contributed by atoms with Gasteiger partial charge in [0.15, 0.2) is 0 Å². The summed E-state index contributed by atoms with van der Waals surface area (Å²) in [5.41, 5.74) is 2.71. The molecular formula is C16H26N2O. The van der Waals surface area contributed by atoms with E-state index in [2.05, 4.69) is 49.3 Å². The van der Waals surface area contributed by atoms with Gasteiger partial charge in [-0.1, -0.05) is 19.1 Å². The zero-order valence-electron chi connectivity index (χ0n) is 12.4. The molecular weight excluding hydrogens is 236 g/mol. The second-order valence-electron chi connectivity index (χ2n) is 5.46. The lowest BCUT2D eigenvalue weighted by Gasteiger charge is -2.23. The van der Waals surface area contributed by atoms with Crippen LogP contribution in [0.25, 0.3) is 0 Å². The zero-order chi connectivity index (χ0) is 13.7. The second-order valence-corrected chi connectivity index (χ2v) is 5.46. The lowest BCUT2D eigenvalue weighted by atomic mass is 10.1. The van der Waals surface area contributed by atoms with Crippen LogP contribution in [-0.2, 0) is 13.0 Å². The van der Waals surface area contributed by atoms with Crippen LogP contribution in [0.2, 0.25) is 0 Å². The third-order valence-electron chi connectivity index (χ3n) is 4.07. The summed E-state index contributed by atoms with van der Waals surface area (Å²) in [7, 11) is 2.20. The van der Waals surface area contributed by atoms with E-state index in [0.717, 1.165) is 38.4 Å².